The molecule has 0 aliphatic carbocycles. The van der Waals surface area contributed by atoms with Crippen LogP contribution in [0.15, 0.2) is 30.3 Å². The average molecular weight is 299 g/mol. The van der Waals surface area contributed by atoms with Crippen molar-refractivity contribution in [2.45, 2.75) is 13.2 Å². The lowest BCUT2D eigenvalue weighted by atomic mass is 10.1. The van der Waals surface area contributed by atoms with Gasteiger partial charge in [-0.25, -0.2) is 0 Å². The SMILES string of the molecule is O=C(NCc1cccc(CO)c1)c1cc(Cl)c(Cl)[nH]1. The number of carbonyl (C=O) groups excluding carboxylic acids is 1. The summed E-state index contributed by atoms with van der Waals surface area (Å²) in [6.45, 7) is 0.338. The number of amides is 1. The minimum absolute atomic E-state index is 0.0242. The molecule has 0 bridgehead atoms. The van der Waals surface area contributed by atoms with Crippen molar-refractivity contribution >= 4 is 29.1 Å². The van der Waals surface area contributed by atoms with E-state index in [1.807, 2.05) is 24.3 Å². The van der Waals surface area contributed by atoms with Gasteiger partial charge in [-0.2, -0.15) is 0 Å². The maximum Gasteiger partial charge on any atom is 0.268 e. The third-order valence-corrected chi connectivity index (χ3v) is 3.29. The minimum atomic E-state index is -0.289. The van der Waals surface area contributed by atoms with Gasteiger partial charge < -0.3 is 15.4 Å². The predicted molar refractivity (Wildman–Crippen MR) is 74.3 cm³/mol. The molecule has 0 aliphatic heterocycles. The van der Waals surface area contributed by atoms with Crippen molar-refractivity contribution in [2.24, 2.45) is 0 Å². The first-order chi connectivity index (χ1) is 9.10. The van der Waals surface area contributed by atoms with Crippen LogP contribution >= 0.6 is 23.2 Å². The number of halogens is 2. The molecule has 4 nitrogen and oxygen atoms in total. The van der Waals surface area contributed by atoms with E-state index in [1.165, 1.54) is 6.07 Å². The van der Waals surface area contributed by atoms with Crippen LogP contribution in [0.4, 0.5) is 0 Å². The Kier molecular flexibility index (Phi) is 4.47. The number of nitrogens with one attached hydrogen (secondary N) is 2. The normalized spacial score (nSPS) is 10.5. The molecular formula is C13H12Cl2N2O2. The summed E-state index contributed by atoms with van der Waals surface area (Å²) in [5, 5.41) is 12.3. The van der Waals surface area contributed by atoms with E-state index in [0.29, 0.717) is 17.3 Å². The number of rotatable bonds is 4. The molecule has 0 unspecified atom stereocenters. The van der Waals surface area contributed by atoms with E-state index < -0.39 is 0 Å². The fraction of sp³-hybridized carbons (Fsp3) is 0.154. The van der Waals surface area contributed by atoms with Crippen molar-refractivity contribution in [3.8, 4) is 0 Å². The zero-order valence-corrected chi connectivity index (χ0v) is 11.4. The first kappa shape index (κ1) is 13.9. The van der Waals surface area contributed by atoms with Crippen molar-refractivity contribution in [3.63, 3.8) is 0 Å². The van der Waals surface area contributed by atoms with Crippen LogP contribution in [0.1, 0.15) is 21.6 Å². The van der Waals surface area contributed by atoms with E-state index >= 15 is 0 Å². The lowest BCUT2D eigenvalue weighted by Crippen LogP contribution is -2.23. The summed E-state index contributed by atoms with van der Waals surface area (Å²) in [6, 6.07) is 8.82. The summed E-state index contributed by atoms with van der Waals surface area (Å²) in [5.74, 6) is -0.289. The van der Waals surface area contributed by atoms with Gasteiger partial charge in [0.05, 0.1) is 11.6 Å². The van der Waals surface area contributed by atoms with Gasteiger partial charge in [0.2, 0.25) is 0 Å². The number of benzene rings is 1. The molecule has 0 saturated heterocycles. The fourth-order valence-electron chi connectivity index (χ4n) is 1.64. The molecule has 0 fully saturated rings. The molecule has 1 aromatic heterocycles. The topological polar surface area (TPSA) is 65.1 Å². The van der Waals surface area contributed by atoms with Crippen LogP contribution in [0.25, 0.3) is 0 Å². The molecule has 0 aliphatic rings. The van der Waals surface area contributed by atoms with Gasteiger partial charge in [-0.3, -0.25) is 4.79 Å². The summed E-state index contributed by atoms with van der Waals surface area (Å²) >= 11 is 11.5. The number of aromatic nitrogens is 1. The second-order valence-electron chi connectivity index (χ2n) is 4.01. The molecule has 3 N–H and O–H groups in total. The number of hydrogen-bond acceptors (Lipinski definition) is 2. The first-order valence-electron chi connectivity index (χ1n) is 5.61. The largest absolute Gasteiger partial charge is 0.392 e. The van der Waals surface area contributed by atoms with E-state index in [0.717, 1.165) is 11.1 Å². The minimum Gasteiger partial charge on any atom is -0.392 e. The van der Waals surface area contributed by atoms with Crippen LogP contribution in [0.3, 0.4) is 0 Å². The summed E-state index contributed by atoms with van der Waals surface area (Å²) in [4.78, 5) is 14.5. The average Bonchev–Trinajstić information content (AvgIpc) is 2.76. The van der Waals surface area contributed by atoms with Gasteiger partial charge in [0.1, 0.15) is 10.8 Å². The van der Waals surface area contributed by atoms with Crippen LogP contribution in [0.2, 0.25) is 10.2 Å². The third kappa shape index (κ3) is 3.50. The molecule has 19 heavy (non-hydrogen) atoms. The van der Waals surface area contributed by atoms with Gasteiger partial charge in [-0.05, 0) is 17.2 Å². The number of aromatic amines is 1. The van der Waals surface area contributed by atoms with E-state index in [-0.39, 0.29) is 17.7 Å². The number of aliphatic hydroxyl groups excluding tert-OH is 1. The number of carbonyl (C=O) groups is 1. The lowest BCUT2D eigenvalue weighted by molar-refractivity contribution is 0.0946. The van der Waals surface area contributed by atoms with Crippen molar-refractivity contribution in [3.05, 3.63) is 57.3 Å². The van der Waals surface area contributed by atoms with E-state index in [4.69, 9.17) is 28.3 Å². The van der Waals surface area contributed by atoms with Gasteiger partial charge in [0.15, 0.2) is 0 Å². The summed E-state index contributed by atoms with van der Waals surface area (Å²) in [6.07, 6.45) is 0. The van der Waals surface area contributed by atoms with Crippen molar-refractivity contribution < 1.29 is 9.90 Å². The molecule has 1 amide bonds. The van der Waals surface area contributed by atoms with Crippen molar-refractivity contribution in [1.29, 1.82) is 0 Å². The predicted octanol–water partition coefficient (Wildman–Crippen LogP) is 2.74. The van der Waals surface area contributed by atoms with Gasteiger partial charge in [0, 0.05) is 6.54 Å². The summed E-state index contributed by atoms with van der Waals surface area (Å²) < 4.78 is 0. The molecule has 100 valence electrons. The Labute approximate surface area is 120 Å². The molecule has 6 heteroatoms. The van der Waals surface area contributed by atoms with Crippen LogP contribution in [0.5, 0.6) is 0 Å². The van der Waals surface area contributed by atoms with Crippen LogP contribution in [-0.4, -0.2) is 16.0 Å². The number of aliphatic hydroxyl groups is 1. The fourth-order valence-corrected chi connectivity index (χ4v) is 1.95. The molecule has 1 aromatic carbocycles. The smallest absolute Gasteiger partial charge is 0.268 e. The second-order valence-corrected chi connectivity index (χ2v) is 4.79. The maximum atomic E-state index is 11.8. The first-order valence-corrected chi connectivity index (χ1v) is 6.36. The van der Waals surface area contributed by atoms with Crippen molar-refractivity contribution in [1.82, 2.24) is 10.3 Å². The molecule has 0 radical (unpaired) electrons. The standard InChI is InChI=1S/C13H12Cl2N2O2/c14-10-5-11(17-12(10)15)13(19)16-6-8-2-1-3-9(4-8)7-18/h1-5,17-18H,6-7H2,(H,16,19). The highest BCUT2D eigenvalue weighted by Crippen LogP contribution is 2.21. The van der Waals surface area contributed by atoms with E-state index in [2.05, 4.69) is 10.3 Å². The Morgan fingerprint density at radius 2 is 2.00 bits per heavy atom. The van der Waals surface area contributed by atoms with Gasteiger partial charge in [0.25, 0.3) is 5.91 Å². The highest BCUT2D eigenvalue weighted by molar-refractivity contribution is 6.41. The highest BCUT2D eigenvalue weighted by Gasteiger charge is 2.11. The summed E-state index contributed by atoms with van der Waals surface area (Å²) in [5.41, 5.74) is 2.02. The molecule has 2 aromatic rings. The molecule has 0 spiro atoms. The van der Waals surface area contributed by atoms with E-state index in [1.54, 1.807) is 0 Å². The highest BCUT2D eigenvalue weighted by atomic mass is 35.5. The molecule has 1 heterocycles. The van der Waals surface area contributed by atoms with Crippen LogP contribution < -0.4 is 5.32 Å². The second kappa shape index (κ2) is 6.10. The Hall–Kier alpha value is -1.49. The Balaban J connectivity index is 2.00. The Morgan fingerprint density at radius 3 is 2.63 bits per heavy atom. The Morgan fingerprint density at radius 1 is 1.26 bits per heavy atom. The van der Waals surface area contributed by atoms with Crippen molar-refractivity contribution in [2.75, 3.05) is 0 Å². The third-order valence-electron chi connectivity index (χ3n) is 2.60. The maximum absolute atomic E-state index is 11.8. The van der Waals surface area contributed by atoms with Crippen LogP contribution in [-0.2, 0) is 13.2 Å². The zero-order chi connectivity index (χ0) is 13.8. The monoisotopic (exact) mass is 298 g/mol. The molecule has 0 saturated carbocycles. The Bertz CT molecular complexity index is 577. The lowest BCUT2D eigenvalue weighted by Gasteiger charge is -2.05. The van der Waals surface area contributed by atoms with Gasteiger partial charge >= 0.3 is 0 Å². The van der Waals surface area contributed by atoms with Crippen LogP contribution in [0, 0.1) is 0 Å². The summed E-state index contributed by atoms with van der Waals surface area (Å²) in [7, 11) is 0. The van der Waals surface area contributed by atoms with E-state index in [9.17, 15) is 4.79 Å². The zero-order valence-electron chi connectivity index (χ0n) is 9.91. The quantitative estimate of drug-likeness (QED) is 0.812. The van der Waals surface area contributed by atoms with Gasteiger partial charge in [-0.1, -0.05) is 47.5 Å². The number of hydrogen-bond donors (Lipinski definition) is 3. The molecular weight excluding hydrogens is 287 g/mol. The van der Waals surface area contributed by atoms with Gasteiger partial charge in [-0.15, -0.1) is 0 Å². The molecule has 2 rings (SSSR count). The molecule has 0 atom stereocenters. The number of H-pyrrole nitrogens is 1.